The molecule has 1 atom stereocenters. The number of hydrogen-bond acceptors (Lipinski definition) is 7. The minimum atomic E-state index is -0.171. The van der Waals surface area contributed by atoms with Crippen molar-refractivity contribution in [2.45, 2.75) is 39.7 Å². The highest BCUT2D eigenvalue weighted by Gasteiger charge is 2.21. The van der Waals surface area contributed by atoms with Crippen molar-refractivity contribution < 1.29 is 0 Å². The molecule has 0 spiro atoms. The number of aromatic nitrogens is 3. The molecule has 2 heterocycles. The third-order valence-corrected chi connectivity index (χ3v) is 3.55. The smallest absolute Gasteiger partial charge is 0.158 e. The van der Waals surface area contributed by atoms with E-state index in [1.165, 1.54) is 6.33 Å². The minimum absolute atomic E-state index is 0.171. The molecule has 0 aliphatic rings. The van der Waals surface area contributed by atoms with Crippen LogP contribution in [0.1, 0.15) is 33.6 Å². The molecule has 2 rings (SSSR count). The largest absolute Gasteiger partial charge is 0.359 e. The zero-order valence-corrected chi connectivity index (χ0v) is 13.7. The van der Waals surface area contributed by atoms with Gasteiger partial charge in [0.15, 0.2) is 5.84 Å². The lowest BCUT2D eigenvalue weighted by molar-refractivity contribution is 0.363. The molecule has 0 aromatic carbocycles. The number of amidine groups is 1. The molecule has 0 saturated carbocycles. The molecular weight excluding hydrogens is 292 g/mol. The molecule has 0 saturated heterocycles. The summed E-state index contributed by atoms with van der Waals surface area (Å²) in [6, 6.07) is 1.70. The summed E-state index contributed by atoms with van der Waals surface area (Å²) in [7, 11) is 0. The van der Waals surface area contributed by atoms with Crippen molar-refractivity contribution in [3.63, 3.8) is 0 Å². The molecular formula is C15H24N8. The Labute approximate surface area is 135 Å². The van der Waals surface area contributed by atoms with E-state index in [-0.39, 0.29) is 11.5 Å². The molecule has 2 aromatic heterocycles. The minimum Gasteiger partial charge on any atom is -0.359 e. The Balaban J connectivity index is 2.28. The Morgan fingerprint density at radius 3 is 2.78 bits per heavy atom. The van der Waals surface area contributed by atoms with E-state index in [0.29, 0.717) is 11.7 Å². The summed E-state index contributed by atoms with van der Waals surface area (Å²) in [6.45, 7) is 6.56. The third kappa shape index (κ3) is 4.49. The lowest BCUT2D eigenvalue weighted by Crippen LogP contribution is -2.44. The second kappa shape index (κ2) is 7.19. The van der Waals surface area contributed by atoms with E-state index in [9.17, 15) is 0 Å². The Kier molecular flexibility index (Phi) is 5.28. The highest BCUT2D eigenvalue weighted by Crippen LogP contribution is 2.24. The van der Waals surface area contributed by atoms with Gasteiger partial charge < -0.3 is 16.6 Å². The van der Waals surface area contributed by atoms with Gasteiger partial charge in [-0.15, -0.1) is 0 Å². The van der Waals surface area contributed by atoms with Crippen LogP contribution in [0, 0.1) is 5.41 Å². The molecule has 0 aliphatic carbocycles. The first kappa shape index (κ1) is 16.9. The first-order valence-corrected chi connectivity index (χ1v) is 7.50. The number of hydrazone groups is 1. The van der Waals surface area contributed by atoms with Crippen LogP contribution in [0.4, 0.5) is 5.82 Å². The molecule has 8 nitrogen and oxygen atoms in total. The molecule has 0 amide bonds. The van der Waals surface area contributed by atoms with E-state index in [2.05, 4.69) is 51.6 Å². The van der Waals surface area contributed by atoms with Crippen molar-refractivity contribution in [2.24, 2.45) is 22.2 Å². The highest BCUT2D eigenvalue weighted by atomic mass is 15.3. The standard InChI is InChI=1S/C15H24N8/c1-15(2,3)6-4-11(14(22-16)23-17)21-13-10-5-7-18-8-12(10)19-9-20-13/h5,7-9,11H,4,6,16-17H2,1-3H3,(H,22,23)(H,19,20,21). The van der Waals surface area contributed by atoms with Crippen LogP contribution in [0.15, 0.2) is 29.9 Å². The van der Waals surface area contributed by atoms with Gasteiger partial charge in [0.1, 0.15) is 12.1 Å². The number of hydrogen-bond donors (Lipinski definition) is 4. The number of pyridine rings is 1. The van der Waals surface area contributed by atoms with Gasteiger partial charge in [0.2, 0.25) is 0 Å². The van der Waals surface area contributed by atoms with Gasteiger partial charge in [-0.2, -0.15) is 5.10 Å². The fourth-order valence-corrected chi connectivity index (χ4v) is 2.27. The fraction of sp³-hybridized carbons (Fsp3) is 0.467. The van der Waals surface area contributed by atoms with Gasteiger partial charge >= 0.3 is 0 Å². The number of hydrazine groups is 1. The van der Waals surface area contributed by atoms with E-state index < -0.39 is 0 Å². The van der Waals surface area contributed by atoms with Crippen LogP contribution >= 0.6 is 0 Å². The van der Waals surface area contributed by atoms with E-state index in [1.807, 2.05) is 6.07 Å². The number of nitrogens with one attached hydrogen (secondary N) is 2. The maximum Gasteiger partial charge on any atom is 0.158 e. The van der Waals surface area contributed by atoms with Crippen LogP contribution in [-0.4, -0.2) is 26.8 Å². The van der Waals surface area contributed by atoms with E-state index in [1.54, 1.807) is 12.4 Å². The molecule has 0 fully saturated rings. The van der Waals surface area contributed by atoms with E-state index >= 15 is 0 Å². The zero-order chi connectivity index (χ0) is 16.9. The Bertz CT molecular complexity index is 671. The summed E-state index contributed by atoms with van der Waals surface area (Å²) in [4.78, 5) is 12.6. The van der Waals surface area contributed by atoms with Gasteiger partial charge in [0.25, 0.3) is 0 Å². The number of fused-ring (bicyclic) bond motifs is 1. The van der Waals surface area contributed by atoms with Gasteiger partial charge in [0.05, 0.1) is 17.8 Å². The predicted octanol–water partition coefficient (Wildman–Crippen LogP) is 1.37. The fourth-order valence-electron chi connectivity index (χ4n) is 2.27. The molecule has 8 heteroatoms. The van der Waals surface area contributed by atoms with E-state index in [0.717, 1.165) is 23.7 Å². The predicted molar refractivity (Wildman–Crippen MR) is 92.4 cm³/mol. The lowest BCUT2D eigenvalue weighted by Gasteiger charge is -2.25. The normalized spacial score (nSPS) is 13.8. The van der Waals surface area contributed by atoms with Gasteiger partial charge in [0, 0.05) is 11.6 Å². The number of anilines is 1. The molecule has 6 N–H and O–H groups in total. The SMILES string of the molecule is CC(C)(C)CCC(Nc1ncnc2cnccc12)/C(=N/N)NN. The van der Waals surface area contributed by atoms with Crippen molar-refractivity contribution >= 4 is 22.6 Å². The zero-order valence-electron chi connectivity index (χ0n) is 13.7. The summed E-state index contributed by atoms with van der Waals surface area (Å²) in [6.07, 6.45) is 6.68. The summed E-state index contributed by atoms with van der Waals surface area (Å²) in [5, 5.41) is 8.00. The Morgan fingerprint density at radius 1 is 1.35 bits per heavy atom. The van der Waals surface area contributed by atoms with Gasteiger partial charge in [-0.1, -0.05) is 20.8 Å². The summed E-state index contributed by atoms with van der Waals surface area (Å²) in [5.74, 6) is 12.2. The topological polar surface area (TPSA) is 127 Å². The van der Waals surface area contributed by atoms with Gasteiger partial charge in [-0.25, -0.2) is 15.8 Å². The van der Waals surface area contributed by atoms with Crippen LogP contribution in [-0.2, 0) is 0 Å². The maximum atomic E-state index is 5.55. The Morgan fingerprint density at radius 2 is 2.13 bits per heavy atom. The summed E-state index contributed by atoms with van der Waals surface area (Å²) >= 11 is 0. The molecule has 0 bridgehead atoms. The van der Waals surface area contributed by atoms with Crippen molar-refractivity contribution in [1.29, 1.82) is 0 Å². The average molecular weight is 316 g/mol. The number of nitrogens with two attached hydrogens (primary N) is 2. The van der Waals surface area contributed by atoms with Gasteiger partial charge in [-0.3, -0.25) is 4.98 Å². The monoisotopic (exact) mass is 316 g/mol. The van der Waals surface area contributed by atoms with Crippen LogP contribution in [0.2, 0.25) is 0 Å². The first-order valence-electron chi connectivity index (χ1n) is 7.50. The molecule has 0 aliphatic heterocycles. The Hall–Kier alpha value is -2.48. The lowest BCUT2D eigenvalue weighted by atomic mass is 9.88. The van der Waals surface area contributed by atoms with Crippen LogP contribution in [0.5, 0.6) is 0 Å². The van der Waals surface area contributed by atoms with Crippen LogP contribution in [0.25, 0.3) is 10.9 Å². The average Bonchev–Trinajstić information content (AvgIpc) is 2.53. The second-order valence-corrected chi connectivity index (χ2v) is 6.57. The molecule has 23 heavy (non-hydrogen) atoms. The van der Waals surface area contributed by atoms with Crippen molar-refractivity contribution in [3.05, 3.63) is 24.8 Å². The van der Waals surface area contributed by atoms with E-state index in [4.69, 9.17) is 11.7 Å². The number of rotatable bonds is 5. The first-order chi connectivity index (χ1) is 10.9. The molecule has 0 radical (unpaired) electrons. The quantitative estimate of drug-likeness (QED) is 0.284. The van der Waals surface area contributed by atoms with Crippen molar-refractivity contribution in [1.82, 2.24) is 20.4 Å². The maximum absolute atomic E-state index is 5.55. The van der Waals surface area contributed by atoms with Crippen molar-refractivity contribution in [2.75, 3.05) is 5.32 Å². The molecule has 2 aromatic rings. The highest BCUT2D eigenvalue weighted by molar-refractivity contribution is 5.93. The van der Waals surface area contributed by atoms with Crippen molar-refractivity contribution in [3.8, 4) is 0 Å². The summed E-state index contributed by atoms with van der Waals surface area (Å²) in [5.41, 5.74) is 3.52. The summed E-state index contributed by atoms with van der Waals surface area (Å²) < 4.78 is 0. The molecule has 124 valence electrons. The van der Waals surface area contributed by atoms with Gasteiger partial charge in [-0.05, 0) is 24.3 Å². The van der Waals surface area contributed by atoms with Crippen LogP contribution < -0.4 is 22.4 Å². The molecule has 1 unspecified atom stereocenters. The number of nitrogens with zero attached hydrogens (tertiary/aromatic N) is 4. The van der Waals surface area contributed by atoms with Crippen LogP contribution in [0.3, 0.4) is 0 Å². The second-order valence-electron chi connectivity index (χ2n) is 6.57. The third-order valence-electron chi connectivity index (χ3n) is 3.55.